The minimum Gasteiger partial charge on any atom is -0.340 e. The van der Waals surface area contributed by atoms with E-state index in [4.69, 9.17) is 5.21 Å². The molecule has 2 amide bonds. The van der Waals surface area contributed by atoms with E-state index in [-0.39, 0.29) is 5.92 Å². The van der Waals surface area contributed by atoms with Gasteiger partial charge in [-0.25, -0.2) is 5.48 Å². The first-order chi connectivity index (χ1) is 13.2. The van der Waals surface area contributed by atoms with Crippen LogP contribution in [0.15, 0.2) is 30.3 Å². The largest absolute Gasteiger partial charge is 0.340 e. The molecule has 0 aromatic heterocycles. The lowest BCUT2D eigenvalue weighted by atomic mass is 9.88. The van der Waals surface area contributed by atoms with Gasteiger partial charge in [0.05, 0.1) is 0 Å². The van der Waals surface area contributed by atoms with Crippen LogP contribution in [0, 0.1) is 5.92 Å². The summed E-state index contributed by atoms with van der Waals surface area (Å²) in [5.41, 5.74) is 3.69. The number of hydrogen-bond donors (Lipinski definition) is 2. The summed E-state index contributed by atoms with van der Waals surface area (Å²) in [5.74, 6) is 0.0935. The number of piperazine rings is 1. The monoisotopic (exact) mass is 371 g/mol. The second kappa shape index (κ2) is 9.67. The van der Waals surface area contributed by atoms with Crippen LogP contribution in [0.3, 0.4) is 0 Å². The highest BCUT2D eigenvalue weighted by Crippen LogP contribution is 2.26. The van der Waals surface area contributed by atoms with Crippen molar-refractivity contribution in [2.45, 2.75) is 38.6 Å². The molecule has 1 saturated carbocycles. The molecule has 1 heterocycles. The van der Waals surface area contributed by atoms with E-state index >= 15 is 0 Å². The number of amides is 2. The summed E-state index contributed by atoms with van der Waals surface area (Å²) in [6, 6.07) is 8.02. The lowest BCUT2D eigenvalue weighted by Crippen LogP contribution is -2.50. The maximum Gasteiger partial charge on any atom is 0.267 e. The third-order valence-corrected chi connectivity index (χ3v) is 5.56. The van der Waals surface area contributed by atoms with Gasteiger partial charge in [-0.15, -0.1) is 0 Å². The number of carbonyl (C=O) groups is 2. The molecule has 1 saturated heterocycles. The van der Waals surface area contributed by atoms with Crippen molar-refractivity contribution >= 4 is 17.9 Å². The molecule has 0 atom stereocenters. The Balaban J connectivity index is 1.45. The van der Waals surface area contributed by atoms with Gasteiger partial charge >= 0.3 is 0 Å². The Morgan fingerprint density at radius 1 is 1.04 bits per heavy atom. The van der Waals surface area contributed by atoms with Crippen LogP contribution in [0.4, 0.5) is 0 Å². The molecule has 2 aliphatic rings. The lowest BCUT2D eigenvalue weighted by Gasteiger charge is -2.37. The van der Waals surface area contributed by atoms with Crippen LogP contribution >= 0.6 is 0 Å². The molecule has 1 aromatic carbocycles. The number of hydrogen-bond acceptors (Lipinski definition) is 4. The SMILES string of the molecule is O=C(C=Cc1ccc(CN2CCN(C(=O)C3CCCCC3)CC2)cc1)NO. The molecule has 0 bridgehead atoms. The predicted molar refractivity (Wildman–Crippen MR) is 104 cm³/mol. The van der Waals surface area contributed by atoms with E-state index in [1.165, 1.54) is 30.9 Å². The van der Waals surface area contributed by atoms with Gasteiger partial charge in [0, 0.05) is 44.7 Å². The van der Waals surface area contributed by atoms with Crippen molar-refractivity contribution in [3.05, 3.63) is 41.5 Å². The van der Waals surface area contributed by atoms with Crippen molar-refractivity contribution in [3.63, 3.8) is 0 Å². The van der Waals surface area contributed by atoms with E-state index in [0.717, 1.165) is 51.1 Å². The van der Waals surface area contributed by atoms with E-state index in [2.05, 4.69) is 21.9 Å². The van der Waals surface area contributed by atoms with Crippen LogP contribution in [0.1, 0.15) is 43.2 Å². The van der Waals surface area contributed by atoms with E-state index in [1.54, 1.807) is 11.6 Å². The lowest BCUT2D eigenvalue weighted by molar-refractivity contribution is -0.138. The van der Waals surface area contributed by atoms with Gasteiger partial charge < -0.3 is 4.90 Å². The molecule has 1 aliphatic heterocycles. The molecule has 2 fully saturated rings. The van der Waals surface area contributed by atoms with Crippen LogP contribution < -0.4 is 5.48 Å². The molecule has 27 heavy (non-hydrogen) atoms. The van der Waals surface area contributed by atoms with Gasteiger partial charge in [0.1, 0.15) is 0 Å². The fraction of sp³-hybridized carbons (Fsp3) is 0.524. The first-order valence-electron chi connectivity index (χ1n) is 9.88. The average Bonchev–Trinajstić information content (AvgIpc) is 2.73. The summed E-state index contributed by atoms with van der Waals surface area (Å²) >= 11 is 0. The number of benzene rings is 1. The number of rotatable bonds is 5. The molecular formula is C21H29N3O3. The molecular weight excluding hydrogens is 342 g/mol. The average molecular weight is 371 g/mol. The predicted octanol–water partition coefficient (Wildman–Crippen LogP) is 2.43. The third-order valence-electron chi connectivity index (χ3n) is 5.56. The minimum absolute atomic E-state index is 0.263. The van der Waals surface area contributed by atoms with E-state index in [9.17, 15) is 9.59 Å². The van der Waals surface area contributed by atoms with Crippen LogP contribution in [-0.4, -0.2) is 53.0 Å². The Morgan fingerprint density at radius 2 is 1.70 bits per heavy atom. The van der Waals surface area contributed by atoms with Gasteiger partial charge in [-0.1, -0.05) is 43.5 Å². The number of nitrogens with zero attached hydrogens (tertiary/aromatic N) is 2. The first-order valence-corrected chi connectivity index (χ1v) is 9.88. The normalized spacial score (nSPS) is 19.4. The maximum absolute atomic E-state index is 12.6. The summed E-state index contributed by atoms with van der Waals surface area (Å²) in [6.07, 6.45) is 8.77. The highest BCUT2D eigenvalue weighted by atomic mass is 16.5. The second-order valence-corrected chi connectivity index (χ2v) is 7.49. The second-order valence-electron chi connectivity index (χ2n) is 7.49. The summed E-state index contributed by atoms with van der Waals surface area (Å²) in [4.78, 5) is 28.1. The smallest absolute Gasteiger partial charge is 0.267 e. The quantitative estimate of drug-likeness (QED) is 0.474. The first kappa shape index (κ1) is 19.6. The summed E-state index contributed by atoms with van der Waals surface area (Å²) < 4.78 is 0. The Labute approximate surface area is 160 Å². The van der Waals surface area contributed by atoms with Crippen molar-refractivity contribution < 1.29 is 14.8 Å². The van der Waals surface area contributed by atoms with Crippen molar-refractivity contribution in [2.75, 3.05) is 26.2 Å². The van der Waals surface area contributed by atoms with Crippen LogP contribution in [0.25, 0.3) is 6.08 Å². The van der Waals surface area contributed by atoms with E-state index < -0.39 is 5.91 Å². The van der Waals surface area contributed by atoms with Crippen molar-refractivity contribution in [3.8, 4) is 0 Å². The highest BCUT2D eigenvalue weighted by Gasteiger charge is 2.28. The van der Waals surface area contributed by atoms with E-state index in [1.807, 2.05) is 12.1 Å². The summed E-state index contributed by atoms with van der Waals surface area (Å²) in [5, 5.41) is 8.49. The van der Waals surface area contributed by atoms with Crippen molar-refractivity contribution in [1.29, 1.82) is 0 Å². The molecule has 146 valence electrons. The molecule has 0 radical (unpaired) electrons. The topological polar surface area (TPSA) is 72.9 Å². The number of hydroxylamine groups is 1. The molecule has 3 rings (SSSR count). The Morgan fingerprint density at radius 3 is 2.33 bits per heavy atom. The van der Waals surface area contributed by atoms with Crippen LogP contribution in [0.2, 0.25) is 0 Å². The molecule has 0 unspecified atom stereocenters. The van der Waals surface area contributed by atoms with Gasteiger partial charge in [-0.2, -0.15) is 0 Å². The van der Waals surface area contributed by atoms with Gasteiger partial charge in [0.2, 0.25) is 5.91 Å². The van der Waals surface area contributed by atoms with Gasteiger partial charge in [0.15, 0.2) is 0 Å². The fourth-order valence-electron chi connectivity index (χ4n) is 3.94. The molecule has 1 aliphatic carbocycles. The zero-order valence-electron chi connectivity index (χ0n) is 15.8. The molecule has 2 N–H and O–H groups in total. The van der Waals surface area contributed by atoms with Gasteiger partial charge in [0.25, 0.3) is 5.91 Å². The van der Waals surface area contributed by atoms with Crippen LogP contribution in [-0.2, 0) is 16.1 Å². The third kappa shape index (κ3) is 5.65. The fourth-order valence-corrected chi connectivity index (χ4v) is 3.94. The van der Waals surface area contributed by atoms with Gasteiger partial charge in [-0.3, -0.25) is 19.7 Å². The molecule has 6 nitrogen and oxygen atoms in total. The summed E-state index contributed by atoms with van der Waals surface area (Å²) in [7, 11) is 0. The maximum atomic E-state index is 12.6. The Bertz CT molecular complexity index is 658. The molecule has 0 spiro atoms. The zero-order valence-corrected chi connectivity index (χ0v) is 15.8. The van der Waals surface area contributed by atoms with Crippen LogP contribution in [0.5, 0.6) is 0 Å². The number of nitrogens with one attached hydrogen (secondary N) is 1. The zero-order chi connectivity index (χ0) is 19.1. The minimum atomic E-state index is -0.542. The standard InChI is InChI=1S/C21H29N3O3/c25-20(22-27)11-10-17-6-8-18(9-7-17)16-23-12-14-24(15-13-23)21(26)19-4-2-1-3-5-19/h6-11,19,27H,1-5,12-16H2,(H,22,25). The summed E-state index contributed by atoms with van der Waals surface area (Å²) in [6.45, 7) is 4.35. The Kier molecular flexibility index (Phi) is 7.01. The molecule has 1 aromatic rings. The van der Waals surface area contributed by atoms with Gasteiger partial charge in [-0.05, 0) is 30.0 Å². The van der Waals surface area contributed by atoms with Crippen molar-refractivity contribution in [1.82, 2.24) is 15.3 Å². The van der Waals surface area contributed by atoms with Crippen molar-refractivity contribution in [2.24, 2.45) is 5.92 Å². The highest BCUT2D eigenvalue weighted by molar-refractivity contribution is 5.90. The number of carbonyl (C=O) groups excluding carboxylic acids is 2. The van der Waals surface area contributed by atoms with E-state index in [0.29, 0.717) is 5.91 Å². The molecule has 6 heteroatoms. The Hall–Kier alpha value is -2.18.